The molecule has 4 aromatic carbocycles. The summed E-state index contributed by atoms with van der Waals surface area (Å²) in [5.41, 5.74) is 3.46. The van der Waals surface area contributed by atoms with Gasteiger partial charge in [0.1, 0.15) is 17.2 Å². The van der Waals surface area contributed by atoms with Crippen LogP contribution >= 0.6 is 0 Å². The van der Waals surface area contributed by atoms with Crippen LogP contribution in [0.3, 0.4) is 0 Å². The number of hydrogen-bond donors (Lipinski definition) is 0. The highest BCUT2D eigenvalue weighted by Gasteiger charge is 2.71. The van der Waals surface area contributed by atoms with Gasteiger partial charge in [-0.05, 0) is 42.5 Å². The van der Waals surface area contributed by atoms with Crippen LogP contribution in [0, 0.1) is 11.3 Å². The molecule has 1 spiro atoms. The first-order chi connectivity index (χ1) is 21.4. The fraction of sp³-hybridized carbons (Fsp3) is 0.256. The minimum Gasteiger partial charge on any atom is -0.494 e. The number of benzene rings is 4. The monoisotopic (exact) mass is 581 g/mol. The van der Waals surface area contributed by atoms with E-state index in [1.165, 1.54) is 5.56 Å². The van der Waals surface area contributed by atoms with Gasteiger partial charge < -0.3 is 9.64 Å². The second kappa shape index (κ2) is 10.7. The number of fused-ring (bicyclic) bond motifs is 5. The SMILES string of the molecule is CCOc1ccccc1[C@@H]1[C@@H](C(=O)c2ccc(CC(C)C)cc2)N2c3ccccc3C=C[C@H]2C12C(=O)c1ccccc1C2=O. The van der Waals surface area contributed by atoms with Gasteiger partial charge >= 0.3 is 0 Å². The molecule has 1 aliphatic carbocycles. The Morgan fingerprint density at radius 2 is 1.48 bits per heavy atom. The van der Waals surface area contributed by atoms with E-state index in [2.05, 4.69) is 18.7 Å². The normalized spacial score (nSPS) is 21.0. The van der Waals surface area contributed by atoms with E-state index in [0.717, 1.165) is 17.7 Å². The van der Waals surface area contributed by atoms with Gasteiger partial charge in [-0.2, -0.15) is 0 Å². The smallest absolute Gasteiger partial charge is 0.185 e. The average molecular weight is 582 g/mol. The van der Waals surface area contributed by atoms with Crippen LogP contribution in [0.15, 0.2) is 103 Å². The summed E-state index contributed by atoms with van der Waals surface area (Å²) in [5, 5.41) is 0. The molecule has 0 amide bonds. The molecule has 0 bridgehead atoms. The summed E-state index contributed by atoms with van der Waals surface area (Å²) in [6.07, 6.45) is 4.86. The fourth-order valence-corrected chi connectivity index (χ4v) is 7.73. The van der Waals surface area contributed by atoms with Gasteiger partial charge in [0.05, 0.1) is 12.6 Å². The molecule has 3 atom stereocenters. The molecule has 1 saturated heterocycles. The van der Waals surface area contributed by atoms with Crippen molar-refractivity contribution in [2.75, 3.05) is 11.5 Å². The van der Waals surface area contributed by atoms with Crippen molar-refractivity contribution in [3.8, 4) is 5.75 Å². The lowest BCUT2D eigenvalue weighted by atomic mass is 9.64. The topological polar surface area (TPSA) is 63.7 Å². The van der Waals surface area contributed by atoms with Crippen molar-refractivity contribution in [2.45, 2.75) is 45.2 Å². The van der Waals surface area contributed by atoms with Crippen LogP contribution < -0.4 is 9.64 Å². The summed E-state index contributed by atoms with van der Waals surface area (Å²) in [6.45, 7) is 6.66. The second-order valence-electron chi connectivity index (χ2n) is 12.4. The van der Waals surface area contributed by atoms with Gasteiger partial charge in [0.2, 0.25) is 0 Å². The number of ether oxygens (including phenoxy) is 1. The van der Waals surface area contributed by atoms with Gasteiger partial charge in [0, 0.05) is 33.9 Å². The van der Waals surface area contributed by atoms with Crippen molar-refractivity contribution in [1.29, 1.82) is 0 Å². The minimum absolute atomic E-state index is 0.124. The predicted octanol–water partition coefficient (Wildman–Crippen LogP) is 7.60. The van der Waals surface area contributed by atoms with E-state index >= 15 is 0 Å². The molecule has 0 unspecified atom stereocenters. The molecular formula is C39H35NO4. The van der Waals surface area contributed by atoms with Gasteiger partial charge in [-0.1, -0.05) is 111 Å². The number of para-hydroxylation sites is 2. The molecule has 0 N–H and O–H groups in total. The summed E-state index contributed by atoms with van der Waals surface area (Å²) < 4.78 is 6.14. The summed E-state index contributed by atoms with van der Waals surface area (Å²) in [4.78, 5) is 46.8. The van der Waals surface area contributed by atoms with Crippen LogP contribution in [0.1, 0.15) is 74.5 Å². The third kappa shape index (κ3) is 4.02. The maximum Gasteiger partial charge on any atom is 0.185 e. The highest BCUT2D eigenvalue weighted by molar-refractivity contribution is 6.32. The lowest BCUT2D eigenvalue weighted by Gasteiger charge is -2.37. The van der Waals surface area contributed by atoms with Crippen LogP contribution in [-0.2, 0) is 6.42 Å². The molecule has 5 heteroatoms. The maximum absolute atomic E-state index is 15.0. The van der Waals surface area contributed by atoms with Gasteiger partial charge in [-0.15, -0.1) is 0 Å². The number of Topliss-reactive ketones (excluding diaryl/α,β-unsaturated/α-hetero) is 3. The number of ketones is 3. The Labute approximate surface area is 258 Å². The number of anilines is 1. The zero-order chi connectivity index (χ0) is 30.6. The standard InChI is InChI=1S/C39H35NO4/c1-4-44-32-16-10-8-14-30(32)34-35(36(41)27-19-17-25(18-20-27)23-24(2)3)40-31-15-9-5-11-26(31)21-22-33(40)39(34)37(42)28-12-6-7-13-29(28)38(39)43/h5-22,24,33-35H,4,23H2,1-3H3/t33-,34+,35-/m0/s1. The van der Waals surface area contributed by atoms with E-state index in [9.17, 15) is 14.4 Å². The molecular weight excluding hydrogens is 546 g/mol. The van der Waals surface area contributed by atoms with Crippen LogP contribution in [0.25, 0.3) is 6.08 Å². The van der Waals surface area contributed by atoms with Gasteiger partial charge in [-0.3, -0.25) is 14.4 Å². The van der Waals surface area contributed by atoms with Crippen molar-refractivity contribution < 1.29 is 19.1 Å². The molecule has 1 fully saturated rings. The Bertz CT molecular complexity index is 1780. The van der Waals surface area contributed by atoms with E-state index in [0.29, 0.717) is 40.5 Å². The molecule has 7 rings (SSSR count). The van der Waals surface area contributed by atoms with Crippen molar-refractivity contribution in [3.05, 3.63) is 137 Å². The van der Waals surface area contributed by atoms with Crippen LogP contribution in [0.5, 0.6) is 5.75 Å². The predicted molar refractivity (Wildman–Crippen MR) is 173 cm³/mol. The first kappa shape index (κ1) is 28.0. The Morgan fingerprint density at radius 3 is 2.16 bits per heavy atom. The number of hydrogen-bond acceptors (Lipinski definition) is 5. The van der Waals surface area contributed by atoms with E-state index in [4.69, 9.17) is 4.74 Å². The molecule has 5 nitrogen and oxygen atoms in total. The fourth-order valence-electron chi connectivity index (χ4n) is 7.73. The number of rotatable bonds is 7. The quantitative estimate of drug-likeness (QED) is 0.166. The summed E-state index contributed by atoms with van der Waals surface area (Å²) in [5.74, 6) is -0.337. The van der Waals surface area contributed by atoms with E-state index in [1.54, 1.807) is 24.3 Å². The van der Waals surface area contributed by atoms with Crippen molar-refractivity contribution >= 4 is 29.1 Å². The molecule has 3 aliphatic rings. The highest BCUT2D eigenvalue weighted by Crippen LogP contribution is 2.62. The summed E-state index contributed by atoms with van der Waals surface area (Å²) in [7, 11) is 0. The Kier molecular flexibility index (Phi) is 6.84. The molecule has 2 heterocycles. The van der Waals surface area contributed by atoms with E-state index in [-0.39, 0.29) is 17.3 Å². The Balaban J connectivity index is 1.50. The zero-order valence-electron chi connectivity index (χ0n) is 25.2. The number of carbonyl (C=O) groups excluding carboxylic acids is 3. The summed E-state index contributed by atoms with van der Waals surface area (Å²) in [6, 6.07) is 28.8. The van der Waals surface area contributed by atoms with Crippen LogP contribution in [-0.4, -0.2) is 36.0 Å². The summed E-state index contributed by atoms with van der Waals surface area (Å²) >= 11 is 0. The van der Waals surface area contributed by atoms with Crippen molar-refractivity contribution in [3.63, 3.8) is 0 Å². The largest absolute Gasteiger partial charge is 0.494 e. The minimum atomic E-state index is -1.56. The lowest BCUT2D eigenvalue weighted by molar-refractivity contribution is 0.0664. The second-order valence-corrected chi connectivity index (χ2v) is 12.4. The van der Waals surface area contributed by atoms with Gasteiger partial charge in [0.25, 0.3) is 0 Å². The maximum atomic E-state index is 15.0. The van der Waals surface area contributed by atoms with E-state index < -0.39 is 23.4 Å². The number of nitrogens with zero attached hydrogens (tertiary/aromatic N) is 1. The first-order valence-corrected chi connectivity index (χ1v) is 15.5. The molecule has 4 aromatic rings. The van der Waals surface area contributed by atoms with Crippen LogP contribution in [0.4, 0.5) is 5.69 Å². The molecule has 0 aromatic heterocycles. The molecule has 44 heavy (non-hydrogen) atoms. The zero-order valence-corrected chi connectivity index (χ0v) is 25.2. The molecule has 2 aliphatic heterocycles. The van der Waals surface area contributed by atoms with Gasteiger partial charge in [0.15, 0.2) is 17.3 Å². The van der Waals surface area contributed by atoms with Crippen molar-refractivity contribution in [2.24, 2.45) is 11.3 Å². The lowest BCUT2D eigenvalue weighted by Crippen LogP contribution is -2.48. The average Bonchev–Trinajstić information content (AvgIpc) is 3.47. The highest BCUT2D eigenvalue weighted by atomic mass is 16.5. The molecule has 0 saturated carbocycles. The Hall–Kier alpha value is -4.77. The third-order valence-electron chi connectivity index (χ3n) is 9.42. The van der Waals surface area contributed by atoms with Crippen LogP contribution in [0.2, 0.25) is 0 Å². The third-order valence-corrected chi connectivity index (χ3v) is 9.42. The molecule has 220 valence electrons. The van der Waals surface area contributed by atoms with Crippen molar-refractivity contribution in [1.82, 2.24) is 0 Å². The molecule has 0 radical (unpaired) electrons. The number of carbonyl (C=O) groups is 3. The first-order valence-electron chi connectivity index (χ1n) is 15.5. The van der Waals surface area contributed by atoms with E-state index in [1.807, 2.05) is 91.9 Å². The Morgan fingerprint density at radius 1 is 0.841 bits per heavy atom. The van der Waals surface area contributed by atoms with Gasteiger partial charge in [-0.25, -0.2) is 0 Å².